The number of hydrogen-bond acceptors (Lipinski definition) is 5. The number of aliphatic hydroxyl groups excluding tert-OH is 1. The van der Waals surface area contributed by atoms with Gasteiger partial charge in [-0.05, 0) is 6.92 Å². The second-order valence-electron chi connectivity index (χ2n) is 3.20. The molecule has 84 valence electrons. The van der Waals surface area contributed by atoms with E-state index in [4.69, 9.17) is 9.84 Å². The van der Waals surface area contributed by atoms with Gasteiger partial charge in [0.05, 0.1) is 32.6 Å². The molecule has 6 heteroatoms. The molecule has 1 heterocycles. The number of hydrogen-bond donors (Lipinski definition) is 1. The molecule has 1 aromatic heterocycles. The standard InChI is InChI=1S/C9H15N3O3/c1-8(14)2-4-15-5-3-12-6-9(7-13)10-11-12/h6,13H,2-5,7H2,1H3. The van der Waals surface area contributed by atoms with Gasteiger partial charge in [0.1, 0.15) is 11.5 Å². The van der Waals surface area contributed by atoms with Crippen LogP contribution in [-0.4, -0.2) is 39.1 Å². The molecule has 0 aromatic carbocycles. The van der Waals surface area contributed by atoms with E-state index in [1.165, 1.54) is 6.92 Å². The first kappa shape index (κ1) is 11.8. The lowest BCUT2D eigenvalue weighted by atomic mass is 10.3. The van der Waals surface area contributed by atoms with E-state index < -0.39 is 0 Å². The summed E-state index contributed by atoms with van der Waals surface area (Å²) in [6, 6.07) is 0. The van der Waals surface area contributed by atoms with Crippen LogP contribution in [0.4, 0.5) is 0 Å². The molecule has 1 N–H and O–H groups in total. The van der Waals surface area contributed by atoms with Crippen LogP contribution in [0, 0.1) is 0 Å². The van der Waals surface area contributed by atoms with Gasteiger partial charge in [-0.1, -0.05) is 5.21 Å². The van der Waals surface area contributed by atoms with Crippen LogP contribution in [0.2, 0.25) is 0 Å². The summed E-state index contributed by atoms with van der Waals surface area (Å²) in [6.45, 7) is 2.93. The van der Waals surface area contributed by atoms with Crippen LogP contribution in [0.3, 0.4) is 0 Å². The van der Waals surface area contributed by atoms with Gasteiger partial charge in [0.25, 0.3) is 0 Å². The minimum Gasteiger partial charge on any atom is -0.390 e. The highest BCUT2D eigenvalue weighted by atomic mass is 16.5. The number of nitrogens with zero attached hydrogens (tertiary/aromatic N) is 3. The molecule has 1 aromatic rings. The zero-order valence-corrected chi connectivity index (χ0v) is 8.72. The first-order valence-electron chi connectivity index (χ1n) is 4.79. The van der Waals surface area contributed by atoms with Crippen LogP contribution in [0.5, 0.6) is 0 Å². The lowest BCUT2D eigenvalue weighted by Gasteiger charge is -2.01. The molecule has 0 aliphatic rings. The fourth-order valence-corrected chi connectivity index (χ4v) is 0.996. The molecule has 0 saturated carbocycles. The normalized spacial score (nSPS) is 10.5. The van der Waals surface area contributed by atoms with Crippen LogP contribution >= 0.6 is 0 Å². The van der Waals surface area contributed by atoms with Gasteiger partial charge in [0.15, 0.2) is 0 Å². The summed E-state index contributed by atoms with van der Waals surface area (Å²) in [5, 5.41) is 16.2. The van der Waals surface area contributed by atoms with Crippen molar-refractivity contribution in [3.8, 4) is 0 Å². The number of aliphatic hydroxyl groups is 1. The van der Waals surface area contributed by atoms with E-state index >= 15 is 0 Å². The molecule has 0 saturated heterocycles. The second-order valence-corrected chi connectivity index (χ2v) is 3.20. The molecule has 0 spiro atoms. The van der Waals surface area contributed by atoms with E-state index in [1.54, 1.807) is 10.9 Å². The third-order valence-corrected chi connectivity index (χ3v) is 1.81. The number of ketones is 1. The third kappa shape index (κ3) is 4.66. The van der Waals surface area contributed by atoms with Gasteiger partial charge in [0.2, 0.25) is 0 Å². The molecular weight excluding hydrogens is 198 g/mol. The van der Waals surface area contributed by atoms with E-state index in [-0.39, 0.29) is 12.4 Å². The summed E-state index contributed by atoms with van der Waals surface area (Å²) in [6.07, 6.45) is 2.10. The Morgan fingerprint density at radius 2 is 2.40 bits per heavy atom. The van der Waals surface area contributed by atoms with Crippen molar-refractivity contribution in [3.05, 3.63) is 11.9 Å². The number of ether oxygens (including phenoxy) is 1. The van der Waals surface area contributed by atoms with Gasteiger partial charge >= 0.3 is 0 Å². The van der Waals surface area contributed by atoms with Crippen molar-refractivity contribution in [2.24, 2.45) is 0 Å². The molecule has 0 aliphatic carbocycles. The fourth-order valence-electron chi connectivity index (χ4n) is 0.996. The summed E-state index contributed by atoms with van der Waals surface area (Å²) in [5.41, 5.74) is 0.540. The molecule has 0 atom stereocenters. The van der Waals surface area contributed by atoms with Crippen molar-refractivity contribution in [1.82, 2.24) is 15.0 Å². The molecule has 0 fully saturated rings. The van der Waals surface area contributed by atoms with E-state index in [0.29, 0.717) is 31.9 Å². The highest BCUT2D eigenvalue weighted by molar-refractivity contribution is 5.75. The Hall–Kier alpha value is -1.27. The van der Waals surface area contributed by atoms with Crippen LogP contribution < -0.4 is 0 Å². The molecule has 0 aliphatic heterocycles. The maximum Gasteiger partial charge on any atom is 0.132 e. The Kier molecular flexibility index (Phi) is 4.92. The number of rotatable bonds is 7. The topological polar surface area (TPSA) is 77.2 Å². The van der Waals surface area contributed by atoms with Crippen molar-refractivity contribution < 1.29 is 14.6 Å². The molecule has 15 heavy (non-hydrogen) atoms. The van der Waals surface area contributed by atoms with Gasteiger partial charge < -0.3 is 9.84 Å². The lowest BCUT2D eigenvalue weighted by Crippen LogP contribution is -2.08. The molecule has 0 amide bonds. The van der Waals surface area contributed by atoms with Crippen LogP contribution in [0.1, 0.15) is 19.0 Å². The van der Waals surface area contributed by atoms with E-state index in [2.05, 4.69) is 10.3 Å². The van der Waals surface area contributed by atoms with Gasteiger partial charge in [-0.2, -0.15) is 0 Å². The number of carbonyl (C=O) groups is 1. The minimum absolute atomic E-state index is 0.106. The molecule has 6 nitrogen and oxygen atoms in total. The zero-order valence-electron chi connectivity index (χ0n) is 8.72. The number of carbonyl (C=O) groups excluding carboxylic acids is 1. The second kappa shape index (κ2) is 6.26. The monoisotopic (exact) mass is 213 g/mol. The molecular formula is C9H15N3O3. The third-order valence-electron chi connectivity index (χ3n) is 1.81. The fraction of sp³-hybridized carbons (Fsp3) is 0.667. The average molecular weight is 213 g/mol. The Bertz CT molecular complexity index is 311. The first-order valence-corrected chi connectivity index (χ1v) is 4.79. The first-order chi connectivity index (χ1) is 7.22. The van der Waals surface area contributed by atoms with Gasteiger partial charge in [-0.15, -0.1) is 5.10 Å². The molecule has 1 rings (SSSR count). The summed E-state index contributed by atoms with van der Waals surface area (Å²) < 4.78 is 6.82. The van der Waals surface area contributed by atoms with Crippen molar-refractivity contribution in [2.75, 3.05) is 13.2 Å². The summed E-state index contributed by atoms with van der Waals surface area (Å²) >= 11 is 0. The maximum absolute atomic E-state index is 10.6. The van der Waals surface area contributed by atoms with Crippen molar-refractivity contribution >= 4 is 5.78 Å². The summed E-state index contributed by atoms with van der Waals surface area (Å²) in [7, 11) is 0. The quantitative estimate of drug-likeness (QED) is 0.633. The van der Waals surface area contributed by atoms with Crippen molar-refractivity contribution in [2.45, 2.75) is 26.5 Å². The Labute approximate surface area is 87.9 Å². The molecule has 0 unspecified atom stereocenters. The number of aromatic nitrogens is 3. The van der Waals surface area contributed by atoms with Crippen LogP contribution in [0.15, 0.2) is 6.20 Å². The predicted molar refractivity (Wildman–Crippen MR) is 52.1 cm³/mol. The minimum atomic E-state index is -0.106. The van der Waals surface area contributed by atoms with Gasteiger partial charge in [-0.3, -0.25) is 4.79 Å². The maximum atomic E-state index is 10.6. The Morgan fingerprint density at radius 1 is 1.60 bits per heavy atom. The Morgan fingerprint density at radius 3 is 3.00 bits per heavy atom. The van der Waals surface area contributed by atoms with E-state index in [0.717, 1.165) is 0 Å². The summed E-state index contributed by atoms with van der Waals surface area (Å²) in [4.78, 5) is 10.6. The largest absolute Gasteiger partial charge is 0.390 e. The Balaban J connectivity index is 2.12. The van der Waals surface area contributed by atoms with Crippen LogP contribution in [-0.2, 0) is 22.7 Å². The molecule has 0 radical (unpaired) electrons. The lowest BCUT2D eigenvalue weighted by molar-refractivity contribution is -0.118. The van der Waals surface area contributed by atoms with Crippen LogP contribution in [0.25, 0.3) is 0 Å². The number of Topliss-reactive ketones (excluding diaryl/α,β-unsaturated/α-hetero) is 1. The average Bonchev–Trinajstić information content (AvgIpc) is 2.65. The SMILES string of the molecule is CC(=O)CCOCCn1cc(CO)nn1. The molecule has 0 bridgehead atoms. The van der Waals surface area contributed by atoms with Crippen molar-refractivity contribution in [3.63, 3.8) is 0 Å². The van der Waals surface area contributed by atoms with Crippen molar-refractivity contribution in [1.29, 1.82) is 0 Å². The predicted octanol–water partition coefficient (Wildman–Crippen LogP) is -0.234. The summed E-state index contributed by atoms with van der Waals surface area (Å²) in [5.74, 6) is 0.123. The highest BCUT2D eigenvalue weighted by Crippen LogP contribution is 1.92. The van der Waals surface area contributed by atoms with Gasteiger partial charge in [0, 0.05) is 6.42 Å². The van der Waals surface area contributed by atoms with E-state index in [1.807, 2.05) is 0 Å². The van der Waals surface area contributed by atoms with Gasteiger partial charge in [-0.25, -0.2) is 4.68 Å². The smallest absolute Gasteiger partial charge is 0.132 e. The highest BCUT2D eigenvalue weighted by Gasteiger charge is 1.98. The van der Waals surface area contributed by atoms with E-state index in [9.17, 15) is 4.79 Å². The zero-order chi connectivity index (χ0) is 11.1.